The number of carbonyl (C=O) groups excluding carboxylic acids is 2. The van der Waals surface area contributed by atoms with Crippen LogP contribution in [-0.2, 0) is 9.53 Å². The van der Waals surface area contributed by atoms with E-state index in [4.69, 9.17) is 9.47 Å². The lowest BCUT2D eigenvalue weighted by atomic mass is 10.2. The number of benzene rings is 1. The molecule has 116 valence electrons. The Hall–Kier alpha value is -1.56. The molecule has 5 nitrogen and oxygen atoms in total. The average Bonchev–Trinajstić information content (AvgIpc) is 2.46. The van der Waals surface area contributed by atoms with E-state index >= 15 is 0 Å². The van der Waals surface area contributed by atoms with Gasteiger partial charge in [0.25, 0.3) is 5.91 Å². The topological polar surface area (TPSA) is 55.8 Å². The van der Waals surface area contributed by atoms with Crippen LogP contribution in [0.5, 0.6) is 5.75 Å². The highest BCUT2D eigenvalue weighted by Crippen LogP contribution is 2.26. The van der Waals surface area contributed by atoms with Gasteiger partial charge in [-0.3, -0.25) is 9.59 Å². The molecular weight excluding hydrogens is 338 g/mol. The van der Waals surface area contributed by atoms with E-state index in [9.17, 15) is 9.59 Å². The second kappa shape index (κ2) is 8.67. The summed E-state index contributed by atoms with van der Waals surface area (Å²) in [5.74, 6) is 0.0547. The molecular formula is C15H20BrNO4. The van der Waals surface area contributed by atoms with Crippen LogP contribution >= 0.6 is 15.9 Å². The van der Waals surface area contributed by atoms with Gasteiger partial charge < -0.3 is 14.4 Å². The Balaban J connectivity index is 2.89. The van der Waals surface area contributed by atoms with Crippen LogP contribution in [0.3, 0.4) is 0 Å². The minimum Gasteiger partial charge on any atom is -0.496 e. The van der Waals surface area contributed by atoms with Gasteiger partial charge in [0.1, 0.15) is 12.3 Å². The molecule has 0 spiro atoms. The summed E-state index contributed by atoms with van der Waals surface area (Å²) < 4.78 is 10.7. The Morgan fingerprint density at radius 2 is 2.00 bits per heavy atom. The normalized spacial score (nSPS) is 10.1. The van der Waals surface area contributed by atoms with E-state index < -0.39 is 5.97 Å². The second-order valence-corrected chi connectivity index (χ2v) is 5.24. The van der Waals surface area contributed by atoms with Gasteiger partial charge in [-0.25, -0.2) is 0 Å². The first-order valence-corrected chi connectivity index (χ1v) is 7.61. The van der Waals surface area contributed by atoms with Crippen LogP contribution in [0.2, 0.25) is 0 Å². The lowest BCUT2D eigenvalue weighted by Gasteiger charge is -2.21. The van der Waals surface area contributed by atoms with Crippen molar-refractivity contribution in [3.8, 4) is 5.75 Å². The highest BCUT2D eigenvalue weighted by molar-refractivity contribution is 9.10. The molecule has 0 heterocycles. The Morgan fingerprint density at radius 1 is 1.29 bits per heavy atom. The summed E-state index contributed by atoms with van der Waals surface area (Å²) in [4.78, 5) is 25.6. The highest BCUT2D eigenvalue weighted by atomic mass is 79.9. The second-order valence-electron chi connectivity index (χ2n) is 4.38. The Kier molecular flexibility index (Phi) is 7.22. The monoisotopic (exact) mass is 357 g/mol. The van der Waals surface area contributed by atoms with E-state index in [0.29, 0.717) is 28.9 Å². The third-order valence-corrected chi connectivity index (χ3v) is 3.42. The van der Waals surface area contributed by atoms with E-state index in [0.717, 1.165) is 6.42 Å². The predicted octanol–water partition coefficient (Wildman–Crippen LogP) is 2.87. The van der Waals surface area contributed by atoms with Crippen molar-refractivity contribution in [2.75, 3.05) is 26.8 Å². The fourth-order valence-electron chi connectivity index (χ4n) is 1.87. The van der Waals surface area contributed by atoms with Gasteiger partial charge in [-0.05, 0) is 47.5 Å². The number of halogens is 1. The largest absolute Gasteiger partial charge is 0.496 e. The molecule has 0 saturated heterocycles. The van der Waals surface area contributed by atoms with Gasteiger partial charge in [-0.15, -0.1) is 0 Å². The van der Waals surface area contributed by atoms with Crippen molar-refractivity contribution in [3.63, 3.8) is 0 Å². The summed E-state index contributed by atoms with van der Waals surface area (Å²) in [7, 11) is 1.56. The van der Waals surface area contributed by atoms with E-state index in [1.165, 1.54) is 4.90 Å². The standard InChI is InChI=1S/C15H20BrNO4/c1-4-8-17(10-14(18)21-5-2)15(19)11-6-7-13(20-3)12(16)9-11/h6-7,9H,4-5,8,10H2,1-3H3. The number of ether oxygens (including phenoxy) is 2. The summed E-state index contributed by atoms with van der Waals surface area (Å²) in [6.07, 6.45) is 0.766. The van der Waals surface area contributed by atoms with Crippen LogP contribution in [0.1, 0.15) is 30.6 Å². The number of carbonyl (C=O) groups is 2. The van der Waals surface area contributed by atoms with Crippen LogP contribution in [0.4, 0.5) is 0 Å². The number of esters is 1. The fraction of sp³-hybridized carbons (Fsp3) is 0.467. The molecule has 0 atom stereocenters. The summed E-state index contributed by atoms with van der Waals surface area (Å²) >= 11 is 3.35. The number of rotatable bonds is 7. The smallest absolute Gasteiger partial charge is 0.325 e. The zero-order valence-electron chi connectivity index (χ0n) is 12.5. The molecule has 0 bridgehead atoms. The van der Waals surface area contributed by atoms with Gasteiger partial charge in [0.15, 0.2) is 0 Å². The van der Waals surface area contributed by atoms with Crippen LogP contribution in [0.25, 0.3) is 0 Å². The lowest BCUT2D eigenvalue weighted by Crippen LogP contribution is -2.37. The van der Waals surface area contributed by atoms with Gasteiger partial charge in [0.2, 0.25) is 0 Å². The minimum atomic E-state index is -0.396. The lowest BCUT2D eigenvalue weighted by molar-refractivity contribution is -0.143. The van der Waals surface area contributed by atoms with E-state index in [2.05, 4.69) is 15.9 Å². The van der Waals surface area contributed by atoms with Gasteiger partial charge in [0.05, 0.1) is 18.2 Å². The first-order valence-electron chi connectivity index (χ1n) is 6.81. The number of nitrogens with zero attached hydrogens (tertiary/aromatic N) is 1. The molecule has 0 aliphatic heterocycles. The third kappa shape index (κ3) is 5.04. The van der Waals surface area contributed by atoms with Crippen molar-refractivity contribution in [2.45, 2.75) is 20.3 Å². The minimum absolute atomic E-state index is 0.0375. The number of hydrogen-bond donors (Lipinski definition) is 0. The van der Waals surface area contributed by atoms with Crippen LogP contribution in [0.15, 0.2) is 22.7 Å². The van der Waals surface area contributed by atoms with Crippen molar-refractivity contribution in [1.82, 2.24) is 4.90 Å². The van der Waals surface area contributed by atoms with Crippen molar-refractivity contribution in [3.05, 3.63) is 28.2 Å². The zero-order valence-corrected chi connectivity index (χ0v) is 14.1. The highest BCUT2D eigenvalue weighted by Gasteiger charge is 2.19. The first-order chi connectivity index (χ1) is 10.0. The summed E-state index contributed by atoms with van der Waals surface area (Å²) in [6.45, 7) is 4.46. The molecule has 1 amide bonds. The number of amides is 1. The molecule has 0 fully saturated rings. The maximum Gasteiger partial charge on any atom is 0.325 e. The molecule has 1 rings (SSSR count). The molecule has 0 radical (unpaired) electrons. The summed E-state index contributed by atoms with van der Waals surface area (Å²) in [5.41, 5.74) is 0.500. The van der Waals surface area contributed by atoms with Crippen molar-refractivity contribution in [2.24, 2.45) is 0 Å². The van der Waals surface area contributed by atoms with E-state index in [1.54, 1.807) is 32.2 Å². The Labute approximate surface area is 133 Å². The molecule has 21 heavy (non-hydrogen) atoms. The average molecular weight is 358 g/mol. The van der Waals surface area contributed by atoms with Crippen molar-refractivity contribution in [1.29, 1.82) is 0 Å². The van der Waals surface area contributed by atoms with Crippen molar-refractivity contribution < 1.29 is 19.1 Å². The predicted molar refractivity (Wildman–Crippen MR) is 83.5 cm³/mol. The molecule has 1 aromatic rings. The summed E-state index contributed by atoms with van der Waals surface area (Å²) in [5, 5.41) is 0. The maximum atomic E-state index is 12.5. The van der Waals surface area contributed by atoms with Gasteiger partial charge in [-0.2, -0.15) is 0 Å². The summed E-state index contributed by atoms with van der Waals surface area (Å²) in [6, 6.07) is 5.08. The Morgan fingerprint density at radius 3 is 2.52 bits per heavy atom. The molecule has 0 aromatic heterocycles. The van der Waals surface area contributed by atoms with Gasteiger partial charge in [0, 0.05) is 12.1 Å². The number of hydrogen-bond acceptors (Lipinski definition) is 4. The van der Waals surface area contributed by atoms with Crippen LogP contribution in [0, 0.1) is 0 Å². The Bertz CT molecular complexity index is 504. The van der Waals surface area contributed by atoms with Crippen LogP contribution in [-0.4, -0.2) is 43.6 Å². The first kappa shape index (κ1) is 17.5. The molecule has 6 heteroatoms. The van der Waals surface area contributed by atoms with Gasteiger partial charge >= 0.3 is 5.97 Å². The molecule has 0 unspecified atom stereocenters. The number of methoxy groups -OCH3 is 1. The molecule has 0 aliphatic rings. The van der Waals surface area contributed by atoms with Crippen molar-refractivity contribution >= 4 is 27.8 Å². The molecule has 0 saturated carbocycles. The van der Waals surface area contributed by atoms with E-state index in [1.807, 2.05) is 6.92 Å². The quantitative estimate of drug-likeness (QED) is 0.704. The fourth-order valence-corrected chi connectivity index (χ4v) is 2.41. The molecule has 0 N–H and O–H groups in total. The SMILES string of the molecule is CCCN(CC(=O)OCC)C(=O)c1ccc(OC)c(Br)c1. The van der Waals surface area contributed by atoms with Crippen LogP contribution < -0.4 is 4.74 Å². The zero-order chi connectivity index (χ0) is 15.8. The van der Waals surface area contributed by atoms with E-state index in [-0.39, 0.29) is 12.5 Å². The van der Waals surface area contributed by atoms with Gasteiger partial charge in [-0.1, -0.05) is 6.92 Å². The third-order valence-electron chi connectivity index (χ3n) is 2.80. The molecule has 1 aromatic carbocycles. The molecule has 0 aliphatic carbocycles. The maximum absolute atomic E-state index is 12.5.